The number of thioether (sulfide) groups is 1. The summed E-state index contributed by atoms with van der Waals surface area (Å²) in [4.78, 5) is 29.8. The monoisotopic (exact) mass is 359 g/mol. The summed E-state index contributed by atoms with van der Waals surface area (Å²) in [5.74, 6) is 0.688. The molecule has 25 heavy (non-hydrogen) atoms. The molecule has 3 rings (SSSR count). The summed E-state index contributed by atoms with van der Waals surface area (Å²) < 4.78 is 1.83. The van der Waals surface area contributed by atoms with E-state index in [1.807, 2.05) is 28.8 Å². The summed E-state index contributed by atoms with van der Waals surface area (Å²) in [7, 11) is 0. The molecular weight excluding hydrogens is 334 g/mol. The zero-order valence-corrected chi connectivity index (χ0v) is 15.6. The lowest BCUT2D eigenvalue weighted by atomic mass is 10.2. The van der Waals surface area contributed by atoms with Gasteiger partial charge in [-0.25, -0.2) is 4.98 Å². The van der Waals surface area contributed by atoms with Crippen molar-refractivity contribution in [3.05, 3.63) is 34.6 Å². The van der Waals surface area contributed by atoms with E-state index in [2.05, 4.69) is 19.2 Å². The van der Waals surface area contributed by atoms with Gasteiger partial charge in [-0.15, -0.1) is 0 Å². The lowest BCUT2D eigenvalue weighted by Crippen LogP contribution is -2.30. The Labute approximate surface area is 152 Å². The van der Waals surface area contributed by atoms with E-state index in [9.17, 15) is 9.59 Å². The van der Waals surface area contributed by atoms with Crippen LogP contribution in [0.3, 0.4) is 0 Å². The van der Waals surface area contributed by atoms with Gasteiger partial charge in [0.25, 0.3) is 5.56 Å². The maximum Gasteiger partial charge on any atom is 0.262 e. The Balaban J connectivity index is 1.88. The van der Waals surface area contributed by atoms with E-state index in [0.29, 0.717) is 28.5 Å². The lowest BCUT2D eigenvalue weighted by molar-refractivity contribution is -0.118. The highest BCUT2D eigenvalue weighted by Gasteiger charge is 2.23. The van der Waals surface area contributed by atoms with Crippen LogP contribution < -0.4 is 10.9 Å². The second kappa shape index (κ2) is 8.04. The van der Waals surface area contributed by atoms with Gasteiger partial charge in [-0.05, 0) is 30.9 Å². The molecule has 0 unspecified atom stereocenters. The molecule has 1 saturated carbocycles. The number of nitrogens with one attached hydrogen (secondary N) is 1. The van der Waals surface area contributed by atoms with Crippen molar-refractivity contribution in [3.8, 4) is 0 Å². The Hall–Kier alpha value is -1.82. The number of hydrogen-bond acceptors (Lipinski definition) is 4. The molecule has 1 fully saturated rings. The molecule has 1 aliphatic carbocycles. The first-order valence-electron chi connectivity index (χ1n) is 8.97. The minimum absolute atomic E-state index is 0.0147. The fourth-order valence-corrected chi connectivity index (χ4v) is 4.11. The molecule has 6 heteroatoms. The molecule has 134 valence electrons. The van der Waals surface area contributed by atoms with Crippen LogP contribution in [0.25, 0.3) is 10.9 Å². The number of para-hydroxylation sites is 1. The molecule has 1 aliphatic rings. The molecular formula is C19H25N3O2S. The number of rotatable bonds is 6. The zero-order chi connectivity index (χ0) is 17.8. The fraction of sp³-hybridized carbons (Fsp3) is 0.526. The number of carbonyl (C=O) groups is 1. The SMILES string of the molecule is CC(C)CNC(=O)CSc1nc2ccccc2c(=O)n1C1CCCC1. The van der Waals surface area contributed by atoms with Crippen molar-refractivity contribution < 1.29 is 4.79 Å². The number of benzene rings is 1. The molecule has 1 aromatic carbocycles. The molecule has 2 aromatic rings. The van der Waals surface area contributed by atoms with Crippen LogP contribution >= 0.6 is 11.8 Å². The van der Waals surface area contributed by atoms with Gasteiger partial charge in [-0.1, -0.05) is 50.6 Å². The molecule has 0 aliphatic heterocycles. The van der Waals surface area contributed by atoms with Crippen LogP contribution in [0.2, 0.25) is 0 Å². The first kappa shape index (κ1) is 18.0. The Morgan fingerprint density at radius 3 is 2.76 bits per heavy atom. The average molecular weight is 359 g/mol. The maximum absolute atomic E-state index is 13.0. The van der Waals surface area contributed by atoms with E-state index < -0.39 is 0 Å². The summed E-state index contributed by atoms with van der Waals surface area (Å²) in [5.41, 5.74) is 0.717. The van der Waals surface area contributed by atoms with Crippen LogP contribution in [0.5, 0.6) is 0 Å². The largest absolute Gasteiger partial charge is 0.355 e. The Morgan fingerprint density at radius 1 is 1.32 bits per heavy atom. The van der Waals surface area contributed by atoms with Gasteiger partial charge in [0.2, 0.25) is 5.91 Å². The smallest absolute Gasteiger partial charge is 0.262 e. The van der Waals surface area contributed by atoms with Gasteiger partial charge in [0.1, 0.15) is 0 Å². The molecule has 5 nitrogen and oxygen atoms in total. The predicted molar refractivity (Wildman–Crippen MR) is 102 cm³/mol. The van der Waals surface area contributed by atoms with E-state index >= 15 is 0 Å². The first-order chi connectivity index (χ1) is 12.1. The quantitative estimate of drug-likeness (QED) is 0.634. The van der Waals surface area contributed by atoms with Crippen molar-refractivity contribution in [1.82, 2.24) is 14.9 Å². The van der Waals surface area contributed by atoms with Gasteiger partial charge in [-0.3, -0.25) is 14.2 Å². The van der Waals surface area contributed by atoms with Crippen LogP contribution in [-0.2, 0) is 4.79 Å². The van der Waals surface area contributed by atoms with Crippen molar-refractivity contribution in [2.24, 2.45) is 5.92 Å². The fourth-order valence-electron chi connectivity index (χ4n) is 3.21. The van der Waals surface area contributed by atoms with Gasteiger partial charge in [0.05, 0.1) is 16.7 Å². The third kappa shape index (κ3) is 4.24. The van der Waals surface area contributed by atoms with Crippen molar-refractivity contribution in [1.29, 1.82) is 0 Å². The molecule has 0 bridgehead atoms. The predicted octanol–water partition coefficient (Wildman–Crippen LogP) is 3.38. The molecule has 1 N–H and O–H groups in total. The summed E-state index contributed by atoms with van der Waals surface area (Å²) in [6.45, 7) is 4.80. The molecule has 0 atom stereocenters. The van der Waals surface area contributed by atoms with E-state index in [4.69, 9.17) is 4.98 Å². The second-order valence-electron chi connectivity index (χ2n) is 7.01. The number of nitrogens with zero attached hydrogens (tertiary/aromatic N) is 2. The van der Waals surface area contributed by atoms with Gasteiger partial charge in [-0.2, -0.15) is 0 Å². The number of fused-ring (bicyclic) bond motifs is 1. The Bertz CT molecular complexity index is 810. The van der Waals surface area contributed by atoms with Crippen LogP contribution in [0, 0.1) is 5.92 Å². The van der Waals surface area contributed by atoms with Crippen molar-refractivity contribution in [2.45, 2.75) is 50.7 Å². The summed E-state index contributed by atoms with van der Waals surface area (Å²) in [6, 6.07) is 7.65. The third-order valence-corrected chi connectivity index (χ3v) is 5.46. The van der Waals surface area contributed by atoms with Gasteiger partial charge >= 0.3 is 0 Å². The maximum atomic E-state index is 13.0. The van der Waals surface area contributed by atoms with Gasteiger partial charge in [0, 0.05) is 12.6 Å². The van der Waals surface area contributed by atoms with E-state index in [1.165, 1.54) is 11.8 Å². The topological polar surface area (TPSA) is 64.0 Å². The first-order valence-corrected chi connectivity index (χ1v) is 9.95. The van der Waals surface area contributed by atoms with Crippen molar-refractivity contribution >= 4 is 28.6 Å². The minimum atomic E-state index is -0.0147. The number of hydrogen-bond donors (Lipinski definition) is 1. The summed E-state index contributed by atoms with van der Waals surface area (Å²) >= 11 is 1.36. The summed E-state index contributed by atoms with van der Waals surface area (Å²) in [5, 5.41) is 4.24. The highest BCUT2D eigenvalue weighted by atomic mass is 32.2. The number of aromatic nitrogens is 2. The van der Waals surface area contributed by atoms with Crippen LogP contribution in [0.15, 0.2) is 34.2 Å². The molecule has 0 radical (unpaired) electrons. The van der Waals surface area contributed by atoms with E-state index in [1.54, 1.807) is 0 Å². The van der Waals surface area contributed by atoms with Crippen LogP contribution in [-0.4, -0.2) is 27.8 Å². The molecule has 1 aromatic heterocycles. The van der Waals surface area contributed by atoms with Crippen molar-refractivity contribution in [3.63, 3.8) is 0 Å². The highest BCUT2D eigenvalue weighted by molar-refractivity contribution is 7.99. The Morgan fingerprint density at radius 2 is 2.04 bits per heavy atom. The minimum Gasteiger partial charge on any atom is -0.355 e. The molecule has 0 spiro atoms. The molecule has 0 saturated heterocycles. The van der Waals surface area contributed by atoms with E-state index in [0.717, 1.165) is 25.7 Å². The standard InChI is InChI=1S/C19H25N3O2S/c1-13(2)11-20-17(23)12-25-19-21-16-10-6-5-9-15(16)18(24)22(19)14-7-3-4-8-14/h5-6,9-10,13-14H,3-4,7-8,11-12H2,1-2H3,(H,20,23). The lowest BCUT2D eigenvalue weighted by Gasteiger charge is -2.18. The normalized spacial score (nSPS) is 15.2. The highest BCUT2D eigenvalue weighted by Crippen LogP contribution is 2.32. The number of amides is 1. The summed E-state index contributed by atoms with van der Waals surface area (Å²) in [6.07, 6.45) is 4.30. The Kier molecular flexibility index (Phi) is 5.78. The second-order valence-corrected chi connectivity index (χ2v) is 7.95. The van der Waals surface area contributed by atoms with Crippen LogP contribution in [0.1, 0.15) is 45.6 Å². The molecule has 1 amide bonds. The number of carbonyl (C=O) groups excluding carboxylic acids is 1. The van der Waals surface area contributed by atoms with Gasteiger partial charge in [0.15, 0.2) is 5.16 Å². The van der Waals surface area contributed by atoms with Crippen molar-refractivity contribution in [2.75, 3.05) is 12.3 Å². The van der Waals surface area contributed by atoms with Gasteiger partial charge < -0.3 is 5.32 Å². The molecule has 1 heterocycles. The van der Waals surface area contributed by atoms with E-state index in [-0.39, 0.29) is 23.3 Å². The zero-order valence-electron chi connectivity index (χ0n) is 14.8. The average Bonchev–Trinajstić information content (AvgIpc) is 3.12. The third-order valence-electron chi connectivity index (χ3n) is 4.51. The van der Waals surface area contributed by atoms with Crippen LogP contribution in [0.4, 0.5) is 0 Å².